The minimum Gasteiger partial charge on any atom is -0.222 e. The molecular weight excluding hydrogens is 456 g/mol. The standard InChI is InChI=1S/C21H17BrN2O2S2/c1-15-9-11-18(12-10-15)28(25,26)24-20-8-3-2-7-19(20)23-21(24)27-14-16-5-4-6-17(22)13-16/h2-13H,14H2,1H3. The molecule has 4 aromatic rings. The molecule has 28 heavy (non-hydrogen) atoms. The monoisotopic (exact) mass is 472 g/mol. The Balaban J connectivity index is 1.80. The molecule has 0 saturated heterocycles. The van der Waals surface area contributed by atoms with E-state index in [1.165, 1.54) is 15.7 Å². The third kappa shape index (κ3) is 3.74. The lowest BCUT2D eigenvalue weighted by Gasteiger charge is -2.11. The fraction of sp³-hybridized carbons (Fsp3) is 0.0952. The summed E-state index contributed by atoms with van der Waals surface area (Å²) in [6.45, 7) is 1.93. The quantitative estimate of drug-likeness (QED) is 0.352. The van der Waals surface area contributed by atoms with Crippen LogP contribution in [0.4, 0.5) is 0 Å². The smallest absolute Gasteiger partial charge is 0.222 e. The topological polar surface area (TPSA) is 52.0 Å². The van der Waals surface area contributed by atoms with Gasteiger partial charge in [0.2, 0.25) is 0 Å². The van der Waals surface area contributed by atoms with Crippen molar-refractivity contribution in [2.24, 2.45) is 0 Å². The third-order valence-electron chi connectivity index (χ3n) is 4.31. The SMILES string of the molecule is Cc1ccc(S(=O)(=O)n2c(SCc3cccc(Br)c3)nc3ccccc32)cc1. The van der Waals surface area contributed by atoms with E-state index in [0.717, 1.165) is 15.6 Å². The van der Waals surface area contributed by atoms with Gasteiger partial charge in [-0.25, -0.2) is 17.4 Å². The van der Waals surface area contributed by atoms with Crippen LogP contribution in [0.5, 0.6) is 0 Å². The lowest BCUT2D eigenvalue weighted by atomic mass is 10.2. The summed E-state index contributed by atoms with van der Waals surface area (Å²) in [6, 6.07) is 22.2. The van der Waals surface area contributed by atoms with Crippen molar-refractivity contribution >= 4 is 48.7 Å². The van der Waals surface area contributed by atoms with Crippen LogP contribution in [0.2, 0.25) is 0 Å². The first kappa shape index (κ1) is 19.2. The van der Waals surface area contributed by atoms with Gasteiger partial charge in [0.25, 0.3) is 10.0 Å². The maximum atomic E-state index is 13.4. The Bertz CT molecular complexity index is 1250. The zero-order valence-corrected chi connectivity index (χ0v) is 18.3. The van der Waals surface area contributed by atoms with Crippen LogP contribution in [-0.4, -0.2) is 17.4 Å². The number of aryl methyl sites for hydroxylation is 1. The highest BCUT2D eigenvalue weighted by atomic mass is 79.9. The fourth-order valence-electron chi connectivity index (χ4n) is 2.90. The highest BCUT2D eigenvalue weighted by Crippen LogP contribution is 2.31. The van der Waals surface area contributed by atoms with Gasteiger partial charge in [-0.1, -0.05) is 69.7 Å². The van der Waals surface area contributed by atoms with Crippen LogP contribution in [0.15, 0.2) is 87.3 Å². The van der Waals surface area contributed by atoms with Gasteiger partial charge in [0.1, 0.15) is 0 Å². The Hall–Kier alpha value is -2.09. The summed E-state index contributed by atoms with van der Waals surface area (Å²) < 4.78 is 29.2. The number of rotatable bonds is 5. The number of thioether (sulfide) groups is 1. The van der Waals surface area contributed by atoms with Crippen molar-refractivity contribution in [2.45, 2.75) is 22.7 Å². The molecule has 0 aliphatic carbocycles. The van der Waals surface area contributed by atoms with E-state index in [9.17, 15) is 8.42 Å². The average Bonchev–Trinajstić information content (AvgIpc) is 3.06. The van der Waals surface area contributed by atoms with Gasteiger partial charge >= 0.3 is 0 Å². The van der Waals surface area contributed by atoms with Crippen LogP contribution in [0.1, 0.15) is 11.1 Å². The van der Waals surface area contributed by atoms with Crippen molar-refractivity contribution in [3.05, 3.63) is 88.4 Å². The first-order valence-corrected chi connectivity index (χ1v) is 11.8. The summed E-state index contributed by atoms with van der Waals surface area (Å²) in [4.78, 5) is 4.85. The van der Waals surface area contributed by atoms with Gasteiger partial charge in [0, 0.05) is 10.2 Å². The molecule has 0 N–H and O–H groups in total. The van der Waals surface area contributed by atoms with E-state index in [2.05, 4.69) is 20.9 Å². The van der Waals surface area contributed by atoms with Crippen molar-refractivity contribution in [3.63, 3.8) is 0 Å². The molecule has 142 valence electrons. The van der Waals surface area contributed by atoms with E-state index >= 15 is 0 Å². The van der Waals surface area contributed by atoms with Gasteiger partial charge in [0.05, 0.1) is 15.9 Å². The maximum Gasteiger partial charge on any atom is 0.270 e. The zero-order chi connectivity index (χ0) is 19.7. The van der Waals surface area contributed by atoms with Crippen molar-refractivity contribution in [1.82, 2.24) is 8.96 Å². The van der Waals surface area contributed by atoms with Crippen LogP contribution in [-0.2, 0) is 15.8 Å². The largest absolute Gasteiger partial charge is 0.270 e. The molecule has 0 amide bonds. The van der Waals surface area contributed by atoms with Crippen LogP contribution >= 0.6 is 27.7 Å². The molecule has 0 bridgehead atoms. The Morgan fingerprint density at radius 2 is 1.75 bits per heavy atom. The molecule has 0 radical (unpaired) electrons. The van der Waals surface area contributed by atoms with Crippen LogP contribution in [0, 0.1) is 6.92 Å². The molecule has 4 nitrogen and oxygen atoms in total. The molecular formula is C21H17BrN2O2S2. The number of nitrogens with zero attached hydrogens (tertiary/aromatic N) is 2. The van der Waals surface area contributed by atoms with Crippen molar-refractivity contribution in [1.29, 1.82) is 0 Å². The second-order valence-corrected chi connectivity index (χ2v) is 10.0. The predicted octanol–water partition coefficient (Wildman–Crippen LogP) is 5.64. The Kier molecular flexibility index (Phi) is 5.31. The number of hydrogen-bond acceptors (Lipinski definition) is 4. The normalized spacial score (nSPS) is 11.8. The highest BCUT2D eigenvalue weighted by Gasteiger charge is 2.24. The maximum absolute atomic E-state index is 13.4. The van der Waals surface area contributed by atoms with E-state index in [4.69, 9.17) is 0 Å². The molecule has 0 aliphatic rings. The minimum atomic E-state index is -3.76. The van der Waals surface area contributed by atoms with E-state index in [0.29, 0.717) is 21.9 Å². The number of benzene rings is 3. The van der Waals surface area contributed by atoms with E-state index in [-0.39, 0.29) is 4.90 Å². The molecule has 3 aromatic carbocycles. The van der Waals surface area contributed by atoms with Crippen molar-refractivity contribution in [3.8, 4) is 0 Å². The molecule has 0 atom stereocenters. The molecule has 4 rings (SSSR count). The second-order valence-electron chi connectivity index (χ2n) is 6.38. The van der Waals surface area contributed by atoms with Gasteiger partial charge in [-0.15, -0.1) is 0 Å². The average molecular weight is 473 g/mol. The lowest BCUT2D eigenvalue weighted by molar-refractivity contribution is 0.584. The van der Waals surface area contributed by atoms with Crippen LogP contribution < -0.4 is 0 Å². The van der Waals surface area contributed by atoms with Crippen LogP contribution in [0.25, 0.3) is 11.0 Å². The Morgan fingerprint density at radius 1 is 1.00 bits per heavy atom. The number of imidazole rings is 1. The first-order chi connectivity index (χ1) is 13.4. The highest BCUT2D eigenvalue weighted by molar-refractivity contribution is 9.10. The summed E-state index contributed by atoms with van der Waals surface area (Å²) in [5, 5.41) is 0.460. The van der Waals surface area contributed by atoms with E-state index in [1.54, 1.807) is 30.3 Å². The Labute approximate surface area is 176 Å². The van der Waals surface area contributed by atoms with Gasteiger partial charge in [-0.05, 0) is 48.9 Å². The number of fused-ring (bicyclic) bond motifs is 1. The fourth-order valence-corrected chi connectivity index (χ4v) is 6.00. The first-order valence-electron chi connectivity index (χ1n) is 8.62. The molecule has 0 saturated carbocycles. The zero-order valence-electron chi connectivity index (χ0n) is 15.0. The van der Waals surface area contributed by atoms with Crippen molar-refractivity contribution < 1.29 is 8.42 Å². The summed E-state index contributed by atoms with van der Waals surface area (Å²) in [6.07, 6.45) is 0. The summed E-state index contributed by atoms with van der Waals surface area (Å²) in [5.74, 6) is 0.617. The van der Waals surface area contributed by atoms with Crippen molar-refractivity contribution in [2.75, 3.05) is 0 Å². The summed E-state index contributed by atoms with van der Waals surface area (Å²) in [7, 11) is -3.76. The van der Waals surface area contributed by atoms with Crippen LogP contribution in [0.3, 0.4) is 0 Å². The third-order valence-corrected chi connectivity index (χ3v) is 7.64. The van der Waals surface area contributed by atoms with Gasteiger partial charge < -0.3 is 0 Å². The number of halogens is 1. The number of para-hydroxylation sites is 2. The summed E-state index contributed by atoms with van der Waals surface area (Å²) in [5.41, 5.74) is 3.35. The minimum absolute atomic E-state index is 0.255. The second kappa shape index (κ2) is 7.73. The molecule has 0 spiro atoms. The molecule has 1 heterocycles. The van der Waals surface area contributed by atoms with Gasteiger partial charge in [-0.3, -0.25) is 0 Å². The predicted molar refractivity (Wildman–Crippen MR) is 117 cm³/mol. The number of aromatic nitrogens is 2. The molecule has 0 unspecified atom stereocenters. The van der Waals surface area contributed by atoms with Gasteiger partial charge in [-0.2, -0.15) is 0 Å². The molecule has 1 aromatic heterocycles. The molecule has 0 aliphatic heterocycles. The Morgan fingerprint density at radius 3 is 2.50 bits per heavy atom. The van der Waals surface area contributed by atoms with E-state index in [1.807, 2.05) is 49.4 Å². The lowest BCUT2D eigenvalue weighted by Crippen LogP contribution is -2.14. The van der Waals surface area contributed by atoms with Gasteiger partial charge in [0.15, 0.2) is 5.16 Å². The van der Waals surface area contributed by atoms with E-state index < -0.39 is 10.0 Å². The molecule has 7 heteroatoms. The molecule has 0 fully saturated rings. The number of hydrogen-bond donors (Lipinski definition) is 0. The summed E-state index contributed by atoms with van der Waals surface area (Å²) >= 11 is 4.88.